The van der Waals surface area contributed by atoms with Crippen molar-refractivity contribution >= 4 is 11.6 Å². The number of nitrogens with zero attached hydrogens (tertiary/aromatic N) is 5. The highest BCUT2D eigenvalue weighted by atomic mass is 15.3. The lowest BCUT2D eigenvalue weighted by atomic mass is 10.1. The Kier molecular flexibility index (Phi) is 3.06. The van der Waals surface area contributed by atoms with Gasteiger partial charge in [-0.15, -0.1) is 5.10 Å². The van der Waals surface area contributed by atoms with Crippen LogP contribution in [0, 0.1) is 6.92 Å². The summed E-state index contributed by atoms with van der Waals surface area (Å²) in [6, 6.07) is 4.36. The van der Waals surface area contributed by atoms with Gasteiger partial charge in [-0.2, -0.15) is 10.2 Å². The molecule has 19 heavy (non-hydrogen) atoms. The second-order valence-corrected chi connectivity index (χ2v) is 5.03. The second-order valence-electron chi connectivity index (χ2n) is 5.03. The number of aromatic nitrogens is 4. The minimum Gasteiger partial charge on any atom is -0.382 e. The van der Waals surface area contributed by atoms with Crippen LogP contribution in [0.1, 0.15) is 24.4 Å². The van der Waals surface area contributed by atoms with Crippen LogP contribution in [0.2, 0.25) is 0 Å². The molecule has 1 aliphatic rings. The van der Waals surface area contributed by atoms with Crippen LogP contribution < -0.4 is 10.6 Å². The molecule has 0 spiro atoms. The Morgan fingerprint density at radius 3 is 2.74 bits per heavy atom. The molecule has 0 atom stereocenters. The first-order chi connectivity index (χ1) is 9.22. The zero-order chi connectivity index (χ0) is 13.2. The van der Waals surface area contributed by atoms with E-state index in [9.17, 15) is 0 Å². The van der Waals surface area contributed by atoms with Crippen molar-refractivity contribution in [2.24, 2.45) is 0 Å². The minimum atomic E-state index is 0.436. The monoisotopic (exact) mass is 258 g/mol. The van der Waals surface area contributed by atoms with Crippen LogP contribution in [0.4, 0.5) is 11.6 Å². The van der Waals surface area contributed by atoms with Gasteiger partial charge in [-0.1, -0.05) is 0 Å². The summed E-state index contributed by atoms with van der Waals surface area (Å²) in [6.07, 6.45) is 5.85. The second kappa shape index (κ2) is 4.87. The number of nitrogen functional groups attached to an aromatic ring is 1. The number of piperidine rings is 1. The van der Waals surface area contributed by atoms with Crippen molar-refractivity contribution in [2.75, 3.05) is 23.7 Å². The molecule has 0 saturated carbocycles. The number of rotatable bonds is 2. The van der Waals surface area contributed by atoms with Gasteiger partial charge in [-0.25, -0.2) is 0 Å². The molecule has 0 bridgehead atoms. The van der Waals surface area contributed by atoms with Crippen LogP contribution in [-0.4, -0.2) is 33.1 Å². The fourth-order valence-electron chi connectivity index (χ4n) is 2.52. The molecule has 1 saturated heterocycles. The zero-order valence-electron chi connectivity index (χ0n) is 11.0. The maximum Gasteiger partial charge on any atom is 0.151 e. The molecule has 0 aromatic carbocycles. The molecule has 1 fully saturated rings. The van der Waals surface area contributed by atoms with E-state index in [1.54, 1.807) is 6.20 Å². The summed E-state index contributed by atoms with van der Waals surface area (Å²) in [5, 5.41) is 12.5. The summed E-state index contributed by atoms with van der Waals surface area (Å²) >= 11 is 0. The van der Waals surface area contributed by atoms with Crippen molar-refractivity contribution in [1.82, 2.24) is 20.0 Å². The van der Waals surface area contributed by atoms with Gasteiger partial charge in [0, 0.05) is 19.3 Å². The van der Waals surface area contributed by atoms with Gasteiger partial charge in [-0.05, 0) is 37.5 Å². The van der Waals surface area contributed by atoms with Gasteiger partial charge in [0.1, 0.15) is 5.82 Å². The van der Waals surface area contributed by atoms with E-state index in [0.29, 0.717) is 11.9 Å². The fraction of sp³-hybridized carbons (Fsp3) is 0.462. The van der Waals surface area contributed by atoms with Gasteiger partial charge in [0.15, 0.2) is 5.82 Å². The van der Waals surface area contributed by atoms with E-state index in [4.69, 9.17) is 5.73 Å². The number of hydrogen-bond donors (Lipinski definition) is 1. The summed E-state index contributed by atoms with van der Waals surface area (Å²) in [6.45, 7) is 3.99. The lowest BCUT2D eigenvalue weighted by Crippen LogP contribution is -2.35. The first-order valence-corrected chi connectivity index (χ1v) is 6.57. The Balaban J connectivity index is 1.66. The quantitative estimate of drug-likeness (QED) is 0.881. The molecule has 0 aliphatic carbocycles. The summed E-state index contributed by atoms with van der Waals surface area (Å²) in [5.41, 5.74) is 6.80. The molecule has 1 aliphatic heterocycles. The third kappa shape index (κ3) is 2.52. The van der Waals surface area contributed by atoms with Crippen LogP contribution in [-0.2, 0) is 0 Å². The summed E-state index contributed by atoms with van der Waals surface area (Å²) in [4.78, 5) is 2.28. The first kappa shape index (κ1) is 12.0. The van der Waals surface area contributed by atoms with Gasteiger partial charge >= 0.3 is 0 Å². The van der Waals surface area contributed by atoms with Gasteiger partial charge in [0.25, 0.3) is 0 Å². The molecule has 0 amide bonds. The zero-order valence-corrected chi connectivity index (χ0v) is 11.0. The van der Waals surface area contributed by atoms with Gasteiger partial charge in [0.2, 0.25) is 0 Å². The molecule has 100 valence electrons. The Hall–Kier alpha value is -2.11. The third-order valence-corrected chi connectivity index (χ3v) is 3.57. The molecule has 2 aromatic heterocycles. The molecular formula is C13H18N6. The van der Waals surface area contributed by atoms with Gasteiger partial charge < -0.3 is 10.6 Å². The summed E-state index contributed by atoms with van der Waals surface area (Å²) < 4.78 is 1.98. The maximum absolute atomic E-state index is 5.66. The Morgan fingerprint density at radius 2 is 2.11 bits per heavy atom. The predicted octanol–water partition coefficient (Wildman–Crippen LogP) is 1.41. The average molecular weight is 258 g/mol. The molecule has 6 nitrogen and oxygen atoms in total. The molecule has 0 radical (unpaired) electrons. The van der Waals surface area contributed by atoms with E-state index in [-0.39, 0.29) is 0 Å². The van der Waals surface area contributed by atoms with Crippen molar-refractivity contribution in [3.05, 3.63) is 30.1 Å². The number of anilines is 2. The Morgan fingerprint density at radius 1 is 1.32 bits per heavy atom. The minimum absolute atomic E-state index is 0.436. The van der Waals surface area contributed by atoms with E-state index < -0.39 is 0 Å². The largest absolute Gasteiger partial charge is 0.382 e. The summed E-state index contributed by atoms with van der Waals surface area (Å²) in [7, 11) is 0. The number of aryl methyl sites for hydroxylation is 1. The first-order valence-electron chi connectivity index (χ1n) is 6.57. The lowest BCUT2D eigenvalue weighted by molar-refractivity contribution is 0.366. The molecule has 6 heteroatoms. The lowest BCUT2D eigenvalue weighted by Gasteiger charge is -2.32. The van der Waals surface area contributed by atoms with Crippen molar-refractivity contribution in [1.29, 1.82) is 0 Å². The topological polar surface area (TPSA) is 72.9 Å². The SMILES string of the molecule is Cc1cnnc(N2CCC(n3ccc(N)n3)CC2)c1. The van der Waals surface area contributed by atoms with Crippen molar-refractivity contribution in [3.8, 4) is 0 Å². The van der Waals surface area contributed by atoms with Crippen molar-refractivity contribution in [2.45, 2.75) is 25.8 Å². The van der Waals surface area contributed by atoms with Gasteiger partial charge in [-0.3, -0.25) is 4.68 Å². The molecule has 0 unspecified atom stereocenters. The number of nitrogens with two attached hydrogens (primary N) is 1. The van der Waals surface area contributed by atoms with Crippen LogP contribution in [0.15, 0.2) is 24.5 Å². The van der Waals surface area contributed by atoms with Gasteiger partial charge in [0.05, 0.1) is 12.2 Å². The Labute approximate surface area is 112 Å². The average Bonchev–Trinajstić information content (AvgIpc) is 2.86. The molecule has 3 heterocycles. The van der Waals surface area contributed by atoms with E-state index in [2.05, 4.69) is 26.3 Å². The summed E-state index contributed by atoms with van der Waals surface area (Å²) in [5.74, 6) is 1.56. The maximum atomic E-state index is 5.66. The highest BCUT2D eigenvalue weighted by Crippen LogP contribution is 2.25. The van der Waals surface area contributed by atoms with E-state index in [1.807, 2.05) is 23.9 Å². The van der Waals surface area contributed by atoms with Crippen molar-refractivity contribution < 1.29 is 0 Å². The van der Waals surface area contributed by atoms with E-state index in [0.717, 1.165) is 37.3 Å². The van der Waals surface area contributed by atoms with E-state index in [1.165, 1.54) is 0 Å². The highest BCUT2D eigenvalue weighted by Gasteiger charge is 2.22. The molecular weight excluding hydrogens is 240 g/mol. The molecule has 2 aromatic rings. The normalized spacial score (nSPS) is 16.8. The van der Waals surface area contributed by atoms with Crippen molar-refractivity contribution in [3.63, 3.8) is 0 Å². The Bertz CT molecular complexity index is 556. The van der Waals surface area contributed by atoms with Crippen LogP contribution in [0.25, 0.3) is 0 Å². The molecule has 2 N–H and O–H groups in total. The number of hydrogen-bond acceptors (Lipinski definition) is 5. The van der Waals surface area contributed by atoms with Crippen LogP contribution in [0.5, 0.6) is 0 Å². The highest BCUT2D eigenvalue weighted by molar-refractivity contribution is 5.39. The van der Waals surface area contributed by atoms with E-state index >= 15 is 0 Å². The standard InChI is InChI=1S/C13H18N6/c1-10-8-13(16-15-9-10)18-5-2-11(3-6-18)19-7-4-12(14)17-19/h4,7-9,11H,2-3,5-6H2,1H3,(H2,14,17). The molecule has 3 rings (SSSR count). The van der Waals surface area contributed by atoms with Crippen LogP contribution in [0.3, 0.4) is 0 Å². The predicted molar refractivity (Wildman–Crippen MR) is 73.9 cm³/mol. The fourth-order valence-corrected chi connectivity index (χ4v) is 2.52. The van der Waals surface area contributed by atoms with Crippen LogP contribution >= 0.6 is 0 Å². The smallest absolute Gasteiger partial charge is 0.151 e. The third-order valence-electron chi connectivity index (χ3n) is 3.57.